The van der Waals surface area contributed by atoms with Crippen molar-refractivity contribution in [1.82, 2.24) is 0 Å². The minimum atomic E-state index is -0.935. The first kappa shape index (κ1) is 14.3. The third kappa shape index (κ3) is 6.75. The first-order chi connectivity index (χ1) is 7.49. The molecule has 1 atom stereocenters. The molecule has 0 bridgehead atoms. The summed E-state index contributed by atoms with van der Waals surface area (Å²) in [5.41, 5.74) is 0. The molecule has 1 unspecified atom stereocenters. The second-order valence-electron chi connectivity index (χ2n) is 3.14. The molecule has 0 spiro atoms. The minimum Gasteiger partial charge on any atom is -0.425 e. The number of ketones is 1. The van der Waals surface area contributed by atoms with Crippen molar-refractivity contribution < 1.29 is 23.9 Å². The van der Waals surface area contributed by atoms with Crippen LogP contribution in [0.5, 0.6) is 0 Å². The number of esters is 2. The van der Waals surface area contributed by atoms with E-state index in [1.54, 1.807) is 13.8 Å². The highest BCUT2D eigenvalue weighted by Gasteiger charge is 2.16. The number of hydrogen-bond donors (Lipinski definition) is 0. The summed E-state index contributed by atoms with van der Waals surface area (Å²) in [5, 5.41) is 0. The van der Waals surface area contributed by atoms with Gasteiger partial charge < -0.3 is 9.47 Å². The van der Waals surface area contributed by atoms with Crippen LogP contribution in [0.2, 0.25) is 0 Å². The molecule has 90 valence electrons. The average Bonchev–Trinajstić information content (AvgIpc) is 2.15. The normalized spacial score (nSPS) is 12.2. The van der Waals surface area contributed by atoms with Gasteiger partial charge in [0.25, 0.3) is 0 Å². The largest absolute Gasteiger partial charge is 0.425 e. The van der Waals surface area contributed by atoms with E-state index in [-0.39, 0.29) is 12.2 Å². The van der Waals surface area contributed by atoms with Crippen LogP contribution < -0.4 is 0 Å². The fourth-order valence-electron chi connectivity index (χ4n) is 0.887. The summed E-state index contributed by atoms with van der Waals surface area (Å²) in [6.45, 7) is 4.66. The summed E-state index contributed by atoms with van der Waals surface area (Å²) in [6, 6.07) is 0. The fraction of sp³-hybridized carbons (Fsp3) is 0.545. The standard InChI is InChI=1S/C11H16O5/c1-4-6-9(13)15-11(5-2)16-10(14)7-8(3)12/h4,6,11H,5,7H2,1-3H3/b6-4+. The first-order valence-corrected chi connectivity index (χ1v) is 5.01. The molecule has 0 aliphatic rings. The van der Waals surface area contributed by atoms with Gasteiger partial charge in [-0.25, -0.2) is 4.79 Å². The van der Waals surface area contributed by atoms with Crippen LogP contribution in [-0.4, -0.2) is 24.0 Å². The van der Waals surface area contributed by atoms with Crippen LogP contribution in [0, 0.1) is 0 Å². The van der Waals surface area contributed by atoms with Crippen LogP contribution in [0.3, 0.4) is 0 Å². The molecule has 0 saturated carbocycles. The van der Waals surface area contributed by atoms with Crippen LogP contribution in [0.15, 0.2) is 12.2 Å². The van der Waals surface area contributed by atoms with E-state index in [9.17, 15) is 14.4 Å². The summed E-state index contributed by atoms with van der Waals surface area (Å²) in [4.78, 5) is 32.8. The molecule has 0 radical (unpaired) electrons. The highest BCUT2D eigenvalue weighted by molar-refractivity contribution is 5.94. The summed E-state index contributed by atoms with van der Waals surface area (Å²) in [6.07, 6.45) is 1.84. The van der Waals surface area contributed by atoms with Gasteiger partial charge in [0.15, 0.2) is 0 Å². The maximum Gasteiger partial charge on any atom is 0.333 e. The monoisotopic (exact) mass is 228 g/mol. The zero-order valence-corrected chi connectivity index (χ0v) is 9.69. The lowest BCUT2D eigenvalue weighted by Gasteiger charge is -2.15. The molecule has 5 nitrogen and oxygen atoms in total. The molecular weight excluding hydrogens is 212 g/mol. The number of rotatable bonds is 6. The van der Waals surface area contributed by atoms with Gasteiger partial charge in [0.1, 0.15) is 12.2 Å². The second-order valence-corrected chi connectivity index (χ2v) is 3.14. The molecule has 0 amide bonds. The summed E-state index contributed by atoms with van der Waals surface area (Å²) >= 11 is 0. The molecule has 0 aromatic rings. The topological polar surface area (TPSA) is 69.7 Å². The molecule has 0 saturated heterocycles. The third-order valence-electron chi connectivity index (χ3n) is 1.54. The van der Waals surface area contributed by atoms with Crippen molar-refractivity contribution in [1.29, 1.82) is 0 Å². The minimum absolute atomic E-state index is 0.292. The Kier molecular flexibility index (Phi) is 6.83. The predicted molar refractivity (Wildman–Crippen MR) is 56.4 cm³/mol. The van der Waals surface area contributed by atoms with Crippen molar-refractivity contribution in [2.45, 2.75) is 39.9 Å². The van der Waals surface area contributed by atoms with Gasteiger partial charge >= 0.3 is 11.9 Å². The maximum atomic E-state index is 11.1. The summed E-state index contributed by atoms with van der Waals surface area (Å²) < 4.78 is 9.60. The van der Waals surface area contributed by atoms with E-state index in [1.807, 2.05) is 0 Å². The molecule has 0 aliphatic heterocycles. The van der Waals surface area contributed by atoms with E-state index >= 15 is 0 Å². The van der Waals surface area contributed by atoms with Crippen molar-refractivity contribution in [3.63, 3.8) is 0 Å². The van der Waals surface area contributed by atoms with Gasteiger partial charge in [0, 0.05) is 12.5 Å². The average molecular weight is 228 g/mol. The van der Waals surface area contributed by atoms with Crippen molar-refractivity contribution in [3.05, 3.63) is 12.2 Å². The van der Waals surface area contributed by atoms with Gasteiger partial charge in [-0.2, -0.15) is 0 Å². The third-order valence-corrected chi connectivity index (χ3v) is 1.54. The fourth-order valence-corrected chi connectivity index (χ4v) is 0.887. The zero-order chi connectivity index (χ0) is 12.6. The highest BCUT2D eigenvalue weighted by atomic mass is 16.7. The number of carbonyl (C=O) groups excluding carboxylic acids is 3. The number of hydrogen-bond acceptors (Lipinski definition) is 5. The van der Waals surface area contributed by atoms with Crippen molar-refractivity contribution in [2.24, 2.45) is 0 Å². The number of Topliss-reactive ketones (excluding diaryl/α,β-unsaturated/α-hetero) is 1. The van der Waals surface area contributed by atoms with E-state index in [0.29, 0.717) is 6.42 Å². The Hall–Kier alpha value is -1.65. The summed E-state index contributed by atoms with van der Waals surface area (Å²) in [7, 11) is 0. The van der Waals surface area contributed by atoms with E-state index in [2.05, 4.69) is 0 Å². The lowest BCUT2D eigenvalue weighted by Crippen LogP contribution is -2.24. The molecule has 0 fully saturated rings. The molecule has 0 aromatic carbocycles. The Balaban J connectivity index is 4.14. The van der Waals surface area contributed by atoms with Crippen LogP contribution in [-0.2, 0) is 23.9 Å². The number of allylic oxidation sites excluding steroid dienone is 1. The Morgan fingerprint density at radius 1 is 1.25 bits per heavy atom. The molecular formula is C11H16O5. The quantitative estimate of drug-likeness (QED) is 0.297. The van der Waals surface area contributed by atoms with Crippen LogP contribution in [0.4, 0.5) is 0 Å². The molecule has 5 heteroatoms. The summed E-state index contributed by atoms with van der Waals surface area (Å²) in [5.74, 6) is -1.56. The van der Waals surface area contributed by atoms with Crippen LogP contribution in [0.25, 0.3) is 0 Å². The molecule has 0 rings (SSSR count). The van der Waals surface area contributed by atoms with Gasteiger partial charge in [-0.1, -0.05) is 13.0 Å². The lowest BCUT2D eigenvalue weighted by atomic mass is 10.3. The van der Waals surface area contributed by atoms with Crippen molar-refractivity contribution in [2.75, 3.05) is 0 Å². The van der Waals surface area contributed by atoms with E-state index in [1.165, 1.54) is 19.1 Å². The first-order valence-electron chi connectivity index (χ1n) is 5.01. The van der Waals surface area contributed by atoms with Crippen molar-refractivity contribution >= 4 is 17.7 Å². The number of ether oxygens (including phenoxy) is 2. The van der Waals surface area contributed by atoms with Crippen LogP contribution in [0.1, 0.15) is 33.6 Å². The molecule has 0 aliphatic carbocycles. The van der Waals surface area contributed by atoms with Crippen molar-refractivity contribution in [3.8, 4) is 0 Å². The predicted octanol–water partition coefficient (Wildman–Crippen LogP) is 1.36. The lowest BCUT2D eigenvalue weighted by molar-refractivity contribution is -0.184. The SMILES string of the molecule is C/C=C/C(=O)OC(CC)OC(=O)CC(C)=O. The number of carbonyl (C=O) groups is 3. The van der Waals surface area contributed by atoms with Gasteiger partial charge in [-0.05, 0) is 13.8 Å². The molecule has 0 N–H and O–H groups in total. The van der Waals surface area contributed by atoms with E-state index in [4.69, 9.17) is 9.47 Å². The van der Waals surface area contributed by atoms with Gasteiger partial charge in [0.05, 0.1) is 0 Å². The Labute approximate surface area is 94.4 Å². The van der Waals surface area contributed by atoms with Crippen LogP contribution >= 0.6 is 0 Å². The van der Waals surface area contributed by atoms with Gasteiger partial charge in [-0.15, -0.1) is 0 Å². The Morgan fingerprint density at radius 2 is 1.88 bits per heavy atom. The van der Waals surface area contributed by atoms with E-state index < -0.39 is 18.2 Å². The van der Waals surface area contributed by atoms with E-state index in [0.717, 1.165) is 0 Å². The zero-order valence-electron chi connectivity index (χ0n) is 9.69. The Morgan fingerprint density at radius 3 is 2.31 bits per heavy atom. The Bertz CT molecular complexity index is 293. The molecule has 0 aromatic heterocycles. The second kappa shape index (κ2) is 7.62. The molecule has 16 heavy (non-hydrogen) atoms. The highest BCUT2D eigenvalue weighted by Crippen LogP contribution is 2.03. The molecule has 0 heterocycles. The smallest absolute Gasteiger partial charge is 0.333 e. The van der Waals surface area contributed by atoms with Gasteiger partial charge in [-0.3, -0.25) is 9.59 Å². The maximum absolute atomic E-state index is 11.1. The van der Waals surface area contributed by atoms with Gasteiger partial charge in [0.2, 0.25) is 6.29 Å².